The summed E-state index contributed by atoms with van der Waals surface area (Å²) in [6, 6.07) is 4.87. The van der Waals surface area contributed by atoms with Crippen molar-refractivity contribution in [3.8, 4) is 0 Å². The van der Waals surface area contributed by atoms with E-state index in [0.717, 1.165) is 17.7 Å². The molecule has 3 unspecified atom stereocenters. The summed E-state index contributed by atoms with van der Waals surface area (Å²) in [5.74, 6) is -0.444. The van der Waals surface area contributed by atoms with Gasteiger partial charge in [0.25, 0.3) is 0 Å². The van der Waals surface area contributed by atoms with E-state index in [1.54, 1.807) is 25.1 Å². The Bertz CT molecular complexity index is 591. The number of rotatable bonds is 2. The third kappa shape index (κ3) is 1.84. The molecular weight excluding hydrogens is 242 g/mol. The van der Waals surface area contributed by atoms with E-state index in [2.05, 4.69) is 17.5 Å². The van der Waals surface area contributed by atoms with Gasteiger partial charge >= 0.3 is 5.97 Å². The van der Waals surface area contributed by atoms with Gasteiger partial charge in [0, 0.05) is 11.6 Å². The van der Waals surface area contributed by atoms with Crippen molar-refractivity contribution >= 4 is 17.4 Å². The van der Waals surface area contributed by atoms with Gasteiger partial charge < -0.3 is 10.4 Å². The number of hydrogen-bond donors (Lipinski definition) is 2. The predicted molar refractivity (Wildman–Crippen MR) is 71.5 cm³/mol. The van der Waals surface area contributed by atoms with Gasteiger partial charge in [-0.1, -0.05) is 12.2 Å². The molecule has 1 heterocycles. The average molecular weight is 257 g/mol. The molecule has 0 aromatic heterocycles. The van der Waals surface area contributed by atoms with Crippen LogP contribution >= 0.6 is 0 Å². The summed E-state index contributed by atoms with van der Waals surface area (Å²) < 4.78 is 0. The van der Waals surface area contributed by atoms with Crippen LogP contribution in [-0.2, 0) is 4.79 Å². The predicted octanol–water partition coefficient (Wildman–Crippen LogP) is 2.43. The smallest absolute Gasteiger partial charge is 0.335 e. The van der Waals surface area contributed by atoms with Crippen molar-refractivity contribution in [2.24, 2.45) is 5.92 Å². The second-order valence-electron chi connectivity index (χ2n) is 5.19. The quantitative estimate of drug-likeness (QED) is 0.798. The van der Waals surface area contributed by atoms with Crippen LogP contribution in [0, 0.1) is 5.92 Å². The Balaban J connectivity index is 2.08. The largest absolute Gasteiger partial charge is 0.478 e. The Morgan fingerprint density at radius 3 is 2.84 bits per heavy atom. The fourth-order valence-electron chi connectivity index (χ4n) is 3.13. The minimum absolute atomic E-state index is 0.131. The highest BCUT2D eigenvalue weighted by atomic mass is 16.4. The van der Waals surface area contributed by atoms with Crippen LogP contribution in [0.3, 0.4) is 0 Å². The van der Waals surface area contributed by atoms with Crippen LogP contribution < -0.4 is 5.32 Å². The van der Waals surface area contributed by atoms with Crippen molar-refractivity contribution in [2.75, 3.05) is 5.32 Å². The number of hydrogen-bond acceptors (Lipinski definition) is 3. The number of allylic oxidation sites excluding steroid dienone is 2. The molecule has 2 N–H and O–H groups in total. The number of carboxylic acid groups (broad SMARTS) is 1. The summed E-state index contributed by atoms with van der Waals surface area (Å²) >= 11 is 0. The van der Waals surface area contributed by atoms with Gasteiger partial charge in [-0.15, -0.1) is 0 Å². The SMILES string of the molecule is CC(=O)C1Nc2ccc(C(=O)O)cc2C2C=CCC12. The normalized spacial score (nSPS) is 27.3. The Labute approximate surface area is 111 Å². The summed E-state index contributed by atoms with van der Waals surface area (Å²) in [6.07, 6.45) is 5.03. The standard InChI is InChI=1S/C15H15NO3/c1-8(17)14-11-4-2-3-10(11)12-7-9(15(18)19)5-6-13(12)16-14/h2-3,5-7,10-11,14,16H,4H2,1H3,(H,18,19). The number of nitrogens with one attached hydrogen (secondary N) is 1. The fraction of sp³-hybridized carbons (Fsp3) is 0.333. The maximum Gasteiger partial charge on any atom is 0.335 e. The van der Waals surface area contributed by atoms with Crippen molar-refractivity contribution in [2.45, 2.75) is 25.3 Å². The van der Waals surface area contributed by atoms with Crippen molar-refractivity contribution in [1.82, 2.24) is 0 Å². The van der Waals surface area contributed by atoms with Gasteiger partial charge in [0.05, 0.1) is 11.6 Å². The molecule has 0 spiro atoms. The first-order valence-electron chi connectivity index (χ1n) is 6.39. The van der Waals surface area contributed by atoms with Crippen LogP contribution in [-0.4, -0.2) is 22.9 Å². The number of carbonyl (C=O) groups excluding carboxylic acids is 1. The molecule has 1 aliphatic heterocycles. The second-order valence-corrected chi connectivity index (χ2v) is 5.19. The van der Waals surface area contributed by atoms with E-state index in [1.807, 2.05) is 0 Å². The summed E-state index contributed by atoms with van der Waals surface area (Å²) in [4.78, 5) is 22.8. The molecule has 0 radical (unpaired) electrons. The van der Waals surface area contributed by atoms with Crippen LogP contribution in [0.1, 0.15) is 35.2 Å². The number of anilines is 1. The number of Topliss-reactive ketones (excluding diaryl/α,β-unsaturated/α-hetero) is 1. The van der Waals surface area contributed by atoms with Crippen molar-refractivity contribution in [3.05, 3.63) is 41.5 Å². The van der Waals surface area contributed by atoms with Crippen LogP contribution in [0.25, 0.3) is 0 Å². The molecule has 3 atom stereocenters. The van der Waals surface area contributed by atoms with E-state index >= 15 is 0 Å². The monoisotopic (exact) mass is 257 g/mol. The summed E-state index contributed by atoms with van der Waals surface area (Å²) in [7, 11) is 0. The second kappa shape index (κ2) is 4.23. The molecule has 0 fully saturated rings. The van der Waals surface area contributed by atoms with Gasteiger partial charge in [-0.2, -0.15) is 0 Å². The van der Waals surface area contributed by atoms with E-state index in [0.29, 0.717) is 5.56 Å². The molecule has 98 valence electrons. The minimum Gasteiger partial charge on any atom is -0.478 e. The number of carboxylic acids is 1. The molecule has 0 amide bonds. The number of aromatic carboxylic acids is 1. The van der Waals surface area contributed by atoms with Gasteiger partial charge in [-0.25, -0.2) is 4.79 Å². The van der Waals surface area contributed by atoms with E-state index in [9.17, 15) is 9.59 Å². The van der Waals surface area contributed by atoms with Gasteiger partial charge in [-0.3, -0.25) is 4.79 Å². The summed E-state index contributed by atoms with van der Waals surface area (Å²) in [5.41, 5.74) is 2.15. The number of ketones is 1. The first-order chi connectivity index (χ1) is 9.08. The maximum atomic E-state index is 11.7. The zero-order valence-electron chi connectivity index (χ0n) is 10.6. The van der Waals surface area contributed by atoms with Crippen LogP contribution in [0.2, 0.25) is 0 Å². The molecule has 0 saturated heterocycles. The zero-order valence-corrected chi connectivity index (χ0v) is 10.6. The molecule has 19 heavy (non-hydrogen) atoms. The molecular formula is C15H15NO3. The highest BCUT2D eigenvalue weighted by molar-refractivity contribution is 5.90. The number of benzene rings is 1. The lowest BCUT2D eigenvalue weighted by Gasteiger charge is -2.35. The van der Waals surface area contributed by atoms with Crippen LogP contribution in [0.15, 0.2) is 30.4 Å². The van der Waals surface area contributed by atoms with Crippen LogP contribution in [0.5, 0.6) is 0 Å². The Morgan fingerprint density at radius 1 is 1.37 bits per heavy atom. The fourth-order valence-corrected chi connectivity index (χ4v) is 3.13. The molecule has 2 aliphatic rings. The molecule has 0 bridgehead atoms. The van der Waals surface area contributed by atoms with Gasteiger partial charge in [0.1, 0.15) is 0 Å². The highest BCUT2D eigenvalue weighted by Gasteiger charge is 2.39. The molecule has 1 aromatic rings. The van der Waals surface area contributed by atoms with E-state index in [-0.39, 0.29) is 23.7 Å². The molecule has 4 heteroatoms. The van der Waals surface area contributed by atoms with Crippen molar-refractivity contribution in [1.29, 1.82) is 0 Å². The summed E-state index contributed by atoms with van der Waals surface area (Å²) in [5, 5.41) is 12.3. The van der Waals surface area contributed by atoms with E-state index in [4.69, 9.17) is 5.11 Å². The first-order valence-corrected chi connectivity index (χ1v) is 6.39. The third-order valence-corrected chi connectivity index (χ3v) is 4.05. The maximum absolute atomic E-state index is 11.7. The van der Waals surface area contributed by atoms with E-state index < -0.39 is 5.97 Å². The number of fused-ring (bicyclic) bond motifs is 3. The Kier molecular flexibility index (Phi) is 2.66. The topological polar surface area (TPSA) is 66.4 Å². The molecule has 1 aromatic carbocycles. The lowest BCUT2D eigenvalue weighted by molar-refractivity contribution is -0.118. The average Bonchev–Trinajstić information content (AvgIpc) is 2.86. The molecule has 0 saturated carbocycles. The Morgan fingerprint density at radius 2 is 2.16 bits per heavy atom. The highest BCUT2D eigenvalue weighted by Crippen LogP contribution is 2.44. The van der Waals surface area contributed by atoms with Crippen molar-refractivity contribution in [3.63, 3.8) is 0 Å². The van der Waals surface area contributed by atoms with Crippen LogP contribution in [0.4, 0.5) is 5.69 Å². The minimum atomic E-state index is -0.921. The lowest BCUT2D eigenvalue weighted by atomic mass is 9.78. The van der Waals surface area contributed by atoms with Crippen molar-refractivity contribution < 1.29 is 14.7 Å². The van der Waals surface area contributed by atoms with Gasteiger partial charge in [-0.05, 0) is 43.0 Å². The van der Waals surface area contributed by atoms with Gasteiger partial charge in [0.15, 0.2) is 5.78 Å². The first kappa shape index (κ1) is 12.0. The Hall–Kier alpha value is -2.10. The number of carbonyl (C=O) groups is 2. The zero-order chi connectivity index (χ0) is 13.6. The van der Waals surface area contributed by atoms with Gasteiger partial charge in [0.2, 0.25) is 0 Å². The third-order valence-electron chi connectivity index (χ3n) is 4.05. The molecule has 3 rings (SSSR count). The van der Waals surface area contributed by atoms with E-state index in [1.165, 1.54) is 0 Å². The lowest BCUT2D eigenvalue weighted by Crippen LogP contribution is -2.40. The summed E-state index contributed by atoms with van der Waals surface area (Å²) in [6.45, 7) is 1.60. The molecule has 4 nitrogen and oxygen atoms in total. The molecule has 1 aliphatic carbocycles.